The van der Waals surface area contributed by atoms with Crippen LogP contribution in [0.3, 0.4) is 0 Å². The standard InChI is InChI=1S/C14H30N2O2/c1-5-8-16(9-7-15-12(2)3)14(6-10-17)11-13(4)18/h12,14-15,17-18H,4-11H2,1-3H3. The molecule has 1 unspecified atom stereocenters. The van der Waals surface area contributed by atoms with Crippen LogP contribution in [0.5, 0.6) is 0 Å². The van der Waals surface area contributed by atoms with E-state index in [4.69, 9.17) is 5.11 Å². The molecule has 0 spiro atoms. The summed E-state index contributed by atoms with van der Waals surface area (Å²) in [6, 6.07) is 0.666. The lowest BCUT2D eigenvalue weighted by molar-refractivity contribution is 0.145. The first kappa shape index (κ1) is 17.4. The smallest absolute Gasteiger partial charge is 0.0866 e. The van der Waals surface area contributed by atoms with E-state index in [-0.39, 0.29) is 18.4 Å². The van der Waals surface area contributed by atoms with Crippen molar-refractivity contribution in [1.82, 2.24) is 10.2 Å². The van der Waals surface area contributed by atoms with Gasteiger partial charge in [-0.2, -0.15) is 0 Å². The fourth-order valence-corrected chi connectivity index (χ4v) is 2.10. The van der Waals surface area contributed by atoms with Gasteiger partial charge in [0.05, 0.1) is 5.76 Å². The molecule has 1 atom stereocenters. The Kier molecular flexibility index (Phi) is 10.0. The summed E-state index contributed by atoms with van der Waals surface area (Å²) in [7, 11) is 0. The predicted molar refractivity (Wildman–Crippen MR) is 76.9 cm³/mol. The molecule has 0 aromatic heterocycles. The number of rotatable bonds is 11. The van der Waals surface area contributed by atoms with Crippen LogP contribution in [0.4, 0.5) is 0 Å². The molecule has 0 aliphatic heterocycles. The highest BCUT2D eigenvalue weighted by atomic mass is 16.3. The van der Waals surface area contributed by atoms with Crippen molar-refractivity contribution in [2.45, 2.75) is 52.1 Å². The first-order chi connectivity index (χ1) is 8.51. The monoisotopic (exact) mass is 258 g/mol. The van der Waals surface area contributed by atoms with Crippen LogP contribution in [0.25, 0.3) is 0 Å². The Morgan fingerprint density at radius 3 is 2.44 bits per heavy atom. The van der Waals surface area contributed by atoms with Crippen LogP contribution in [-0.2, 0) is 0 Å². The molecule has 18 heavy (non-hydrogen) atoms. The van der Waals surface area contributed by atoms with E-state index in [1.165, 1.54) is 0 Å². The van der Waals surface area contributed by atoms with E-state index >= 15 is 0 Å². The van der Waals surface area contributed by atoms with Gasteiger partial charge in [0.2, 0.25) is 0 Å². The summed E-state index contributed by atoms with van der Waals surface area (Å²) < 4.78 is 0. The molecule has 0 saturated carbocycles. The van der Waals surface area contributed by atoms with Gasteiger partial charge in [-0.15, -0.1) is 0 Å². The molecular formula is C14H30N2O2. The van der Waals surface area contributed by atoms with Gasteiger partial charge in [-0.3, -0.25) is 4.90 Å². The van der Waals surface area contributed by atoms with Crippen molar-refractivity contribution in [3.05, 3.63) is 12.3 Å². The SMILES string of the molecule is C=C(O)CC(CCO)N(CCC)CCNC(C)C. The van der Waals surface area contributed by atoms with E-state index in [0.29, 0.717) is 18.9 Å². The molecule has 0 radical (unpaired) electrons. The minimum atomic E-state index is 0.149. The lowest BCUT2D eigenvalue weighted by Crippen LogP contribution is -2.42. The van der Waals surface area contributed by atoms with E-state index in [1.54, 1.807) is 0 Å². The highest BCUT2D eigenvalue weighted by molar-refractivity contribution is 4.87. The first-order valence-electron chi connectivity index (χ1n) is 6.96. The zero-order valence-electron chi connectivity index (χ0n) is 12.2. The minimum Gasteiger partial charge on any atom is -0.513 e. The van der Waals surface area contributed by atoms with Gasteiger partial charge < -0.3 is 15.5 Å². The molecule has 4 heteroatoms. The summed E-state index contributed by atoms with van der Waals surface area (Å²) in [5.74, 6) is 0.200. The Bertz CT molecular complexity index is 220. The quantitative estimate of drug-likeness (QED) is 0.496. The molecule has 0 rings (SSSR count). The highest BCUT2D eigenvalue weighted by Gasteiger charge is 2.18. The third kappa shape index (κ3) is 8.50. The van der Waals surface area contributed by atoms with E-state index in [0.717, 1.165) is 26.1 Å². The molecule has 108 valence electrons. The fraction of sp³-hybridized carbons (Fsp3) is 0.857. The fourth-order valence-electron chi connectivity index (χ4n) is 2.10. The Hall–Kier alpha value is -0.580. The second kappa shape index (κ2) is 10.4. The van der Waals surface area contributed by atoms with Crippen LogP contribution >= 0.6 is 0 Å². The molecular weight excluding hydrogens is 228 g/mol. The highest BCUT2D eigenvalue weighted by Crippen LogP contribution is 2.12. The van der Waals surface area contributed by atoms with Crippen LogP contribution in [0.2, 0.25) is 0 Å². The summed E-state index contributed by atoms with van der Waals surface area (Å²) in [6.45, 7) is 13.0. The van der Waals surface area contributed by atoms with Gasteiger partial charge in [-0.1, -0.05) is 27.4 Å². The van der Waals surface area contributed by atoms with Crippen molar-refractivity contribution in [1.29, 1.82) is 0 Å². The second-order valence-corrected chi connectivity index (χ2v) is 5.08. The van der Waals surface area contributed by atoms with Crippen molar-refractivity contribution in [2.24, 2.45) is 0 Å². The molecule has 0 fully saturated rings. The summed E-state index contributed by atoms with van der Waals surface area (Å²) in [4.78, 5) is 2.33. The van der Waals surface area contributed by atoms with Gasteiger partial charge >= 0.3 is 0 Å². The van der Waals surface area contributed by atoms with E-state index in [9.17, 15) is 5.11 Å². The number of nitrogens with zero attached hydrogens (tertiary/aromatic N) is 1. The topological polar surface area (TPSA) is 55.7 Å². The van der Waals surface area contributed by atoms with E-state index < -0.39 is 0 Å². The lowest BCUT2D eigenvalue weighted by atomic mass is 10.1. The first-order valence-corrected chi connectivity index (χ1v) is 6.96. The summed E-state index contributed by atoms with van der Waals surface area (Å²) in [6.07, 6.45) is 2.30. The lowest BCUT2D eigenvalue weighted by Gasteiger charge is -2.31. The second-order valence-electron chi connectivity index (χ2n) is 5.08. The Labute approximate surface area is 112 Å². The third-order valence-corrected chi connectivity index (χ3v) is 2.91. The van der Waals surface area contributed by atoms with Crippen LogP contribution in [0.15, 0.2) is 12.3 Å². The zero-order valence-corrected chi connectivity index (χ0v) is 12.2. The van der Waals surface area contributed by atoms with Crippen molar-refractivity contribution < 1.29 is 10.2 Å². The number of aliphatic hydroxyl groups excluding tert-OH is 2. The molecule has 0 saturated heterocycles. The molecule has 0 aliphatic carbocycles. The van der Waals surface area contributed by atoms with Gasteiger partial charge in [0, 0.05) is 38.2 Å². The maximum absolute atomic E-state index is 9.36. The maximum Gasteiger partial charge on any atom is 0.0866 e. The van der Waals surface area contributed by atoms with E-state index in [1.807, 2.05) is 0 Å². The average molecular weight is 258 g/mol. The third-order valence-electron chi connectivity index (χ3n) is 2.91. The Balaban J connectivity index is 4.33. The average Bonchev–Trinajstić information content (AvgIpc) is 2.26. The summed E-state index contributed by atoms with van der Waals surface area (Å²) in [5.41, 5.74) is 0. The zero-order chi connectivity index (χ0) is 14.0. The molecule has 0 aliphatic rings. The predicted octanol–water partition coefficient (Wildman–Crippen LogP) is 1.91. The largest absolute Gasteiger partial charge is 0.513 e. The number of aliphatic hydroxyl groups is 2. The van der Waals surface area contributed by atoms with Crippen LogP contribution in [0.1, 0.15) is 40.0 Å². The molecule has 4 nitrogen and oxygen atoms in total. The van der Waals surface area contributed by atoms with Crippen LogP contribution in [-0.4, -0.2) is 53.4 Å². The maximum atomic E-state index is 9.36. The molecule has 0 amide bonds. The van der Waals surface area contributed by atoms with Crippen LogP contribution < -0.4 is 5.32 Å². The number of hydrogen-bond acceptors (Lipinski definition) is 4. The molecule has 0 heterocycles. The summed E-state index contributed by atoms with van der Waals surface area (Å²) >= 11 is 0. The summed E-state index contributed by atoms with van der Waals surface area (Å²) in [5, 5.41) is 21.9. The van der Waals surface area contributed by atoms with Crippen molar-refractivity contribution >= 4 is 0 Å². The normalized spacial score (nSPS) is 13.2. The Morgan fingerprint density at radius 1 is 1.33 bits per heavy atom. The molecule has 0 aromatic carbocycles. The van der Waals surface area contributed by atoms with Gasteiger partial charge in [-0.05, 0) is 19.4 Å². The minimum absolute atomic E-state index is 0.149. The van der Waals surface area contributed by atoms with Gasteiger partial charge in [0.15, 0.2) is 0 Å². The molecule has 0 bridgehead atoms. The number of hydrogen-bond donors (Lipinski definition) is 3. The van der Waals surface area contributed by atoms with Gasteiger partial charge in [0.25, 0.3) is 0 Å². The van der Waals surface area contributed by atoms with Gasteiger partial charge in [-0.25, -0.2) is 0 Å². The van der Waals surface area contributed by atoms with Gasteiger partial charge in [0.1, 0.15) is 0 Å². The molecule has 0 aromatic rings. The Morgan fingerprint density at radius 2 is 2.00 bits per heavy atom. The van der Waals surface area contributed by atoms with Crippen molar-refractivity contribution in [3.63, 3.8) is 0 Å². The van der Waals surface area contributed by atoms with Crippen molar-refractivity contribution in [3.8, 4) is 0 Å². The molecule has 3 N–H and O–H groups in total. The van der Waals surface area contributed by atoms with E-state index in [2.05, 4.69) is 37.6 Å². The number of nitrogens with one attached hydrogen (secondary N) is 1. The van der Waals surface area contributed by atoms with Crippen LogP contribution in [0, 0.1) is 0 Å². The van der Waals surface area contributed by atoms with Crippen molar-refractivity contribution in [2.75, 3.05) is 26.2 Å².